The number of carbonyl (C=O) groups is 2. The number of nitrogens with one attached hydrogen (secondary N) is 2. The maximum Gasteiger partial charge on any atom is 0.277 e. The molecule has 3 aromatic rings. The van der Waals surface area contributed by atoms with Crippen LogP contribution in [0.3, 0.4) is 0 Å². The van der Waals surface area contributed by atoms with Crippen LogP contribution in [0.25, 0.3) is 11.5 Å². The van der Waals surface area contributed by atoms with Gasteiger partial charge in [-0.05, 0) is 50.1 Å². The van der Waals surface area contributed by atoms with Crippen molar-refractivity contribution in [3.05, 3.63) is 66.1 Å². The van der Waals surface area contributed by atoms with Crippen LogP contribution in [0, 0.1) is 12.8 Å². The molecule has 27 heavy (non-hydrogen) atoms. The van der Waals surface area contributed by atoms with Crippen molar-refractivity contribution in [2.24, 2.45) is 5.92 Å². The number of oxazole rings is 1. The molecule has 4 rings (SSSR count). The molecule has 1 fully saturated rings. The number of anilines is 2. The Labute approximate surface area is 156 Å². The normalized spacial score (nSPS) is 13.2. The molecule has 2 N–H and O–H groups in total. The molecule has 6 heteroatoms. The summed E-state index contributed by atoms with van der Waals surface area (Å²) in [6, 6.07) is 16.5. The smallest absolute Gasteiger partial charge is 0.277 e. The Hall–Kier alpha value is -3.41. The molecule has 0 unspecified atom stereocenters. The lowest BCUT2D eigenvalue weighted by Crippen LogP contribution is -2.15. The maximum absolute atomic E-state index is 12.6. The molecule has 0 bridgehead atoms. The Bertz CT molecular complexity index is 991. The summed E-state index contributed by atoms with van der Waals surface area (Å²) in [7, 11) is 0. The second kappa shape index (κ2) is 7.07. The first kappa shape index (κ1) is 17.0. The van der Waals surface area contributed by atoms with Crippen LogP contribution in [0.5, 0.6) is 0 Å². The van der Waals surface area contributed by atoms with Gasteiger partial charge in [-0.3, -0.25) is 9.59 Å². The van der Waals surface area contributed by atoms with Crippen molar-refractivity contribution < 1.29 is 14.0 Å². The molecule has 2 amide bonds. The fourth-order valence-electron chi connectivity index (χ4n) is 2.77. The second-order valence-corrected chi connectivity index (χ2v) is 6.59. The zero-order chi connectivity index (χ0) is 18.8. The van der Waals surface area contributed by atoms with Gasteiger partial charge in [0.15, 0.2) is 5.69 Å². The molecule has 0 aliphatic heterocycles. The van der Waals surface area contributed by atoms with Crippen LogP contribution >= 0.6 is 0 Å². The third-order valence-electron chi connectivity index (χ3n) is 4.37. The van der Waals surface area contributed by atoms with E-state index in [1.54, 1.807) is 31.2 Å². The highest BCUT2D eigenvalue weighted by Crippen LogP contribution is 2.30. The number of rotatable bonds is 5. The molecular formula is C21H19N3O3. The Morgan fingerprint density at radius 3 is 2.41 bits per heavy atom. The minimum absolute atomic E-state index is 0.0262. The minimum atomic E-state index is -0.357. The van der Waals surface area contributed by atoms with Crippen LogP contribution in [0.1, 0.15) is 29.1 Å². The summed E-state index contributed by atoms with van der Waals surface area (Å²) >= 11 is 0. The lowest BCUT2D eigenvalue weighted by Gasteiger charge is -2.08. The van der Waals surface area contributed by atoms with Crippen molar-refractivity contribution in [3.63, 3.8) is 0 Å². The maximum atomic E-state index is 12.6. The molecule has 2 aromatic carbocycles. The largest absolute Gasteiger partial charge is 0.441 e. The van der Waals surface area contributed by atoms with Gasteiger partial charge in [0.05, 0.1) is 0 Å². The minimum Gasteiger partial charge on any atom is -0.441 e. The van der Waals surface area contributed by atoms with E-state index in [0.717, 1.165) is 18.4 Å². The summed E-state index contributed by atoms with van der Waals surface area (Å²) in [4.78, 5) is 28.8. The zero-order valence-corrected chi connectivity index (χ0v) is 14.9. The molecular weight excluding hydrogens is 342 g/mol. The fourth-order valence-corrected chi connectivity index (χ4v) is 2.77. The fraction of sp³-hybridized carbons (Fsp3) is 0.190. The van der Waals surface area contributed by atoms with Gasteiger partial charge in [0.25, 0.3) is 5.91 Å². The summed E-state index contributed by atoms with van der Waals surface area (Å²) in [5.41, 5.74) is 2.29. The van der Waals surface area contributed by atoms with Crippen LogP contribution in [0.2, 0.25) is 0 Å². The first-order chi connectivity index (χ1) is 13.1. The van der Waals surface area contributed by atoms with Crippen LogP contribution in [-0.2, 0) is 4.79 Å². The van der Waals surface area contributed by atoms with E-state index in [0.29, 0.717) is 23.0 Å². The predicted octanol–water partition coefficient (Wildman–Crippen LogP) is 4.25. The molecule has 0 spiro atoms. The van der Waals surface area contributed by atoms with E-state index < -0.39 is 0 Å². The van der Waals surface area contributed by atoms with Crippen molar-refractivity contribution in [3.8, 4) is 11.5 Å². The predicted molar refractivity (Wildman–Crippen MR) is 102 cm³/mol. The molecule has 1 saturated carbocycles. The van der Waals surface area contributed by atoms with E-state index in [9.17, 15) is 9.59 Å². The number of benzene rings is 2. The van der Waals surface area contributed by atoms with E-state index in [1.165, 1.54) is 0 Å². The second-order valence-electron chi connectivity index (χ2n) is 6.59. The third kappa shape index (κ3) is 3.89. The van der Waals surface area contributed by atoms with Crippen molar-refractivity contribution in [1.82, 2.24) is 4.98 Å². The molecule has 0 atom stereocenters. The average molecular weight is 361 g/mol. The van der Waals surface area contributed by atoms with E-state index in [-0.39, 0.29) is 23.4 Å². The van der Waals surface area contributed by atoms with Gasteiger partial charge in [0.1, 0.15) is 5.76 Å². The van der Waals surface area contributed by atoms with Gasteiger partial charge in [0.2, 0.25) is 11.8 Å². The van der Waals surface area contributed by atoms with Crippen molar-refractivity contribution in [2.75, 3.05) is 10.6 Å². The highest BCUT2D eigenvalue weighted by Gasteiger charge is 2.29. The van der Waals surface area contributed by atoms with Gasteiger partial charge in [0, 0.05) is 22.9 Å². The van der Waals surface area contributed by atoms with Crippen LogP contribution in [0.4, 0.5) is 11.4 Å². The monoisotopic (exact) mass is 361 g/mol. The SMILES string of the molecule is Cc1oc(-c2ccccc2)nc1C(=O)Nc1cccc(NC(=O)C2CC2)c1. The third-order valence-corrected chi connectivity index (χ3v) is 4.37. The van der Waals surface area contributed by atoms with Gasteiger partial charge in [-0.15, -0.1) is 0 Å². The molecule has 1 aliphatic carbocycles. The number of hydrogen-bond donors (Lipinski definition) is 2. The lowest BCUT2D eigenvalue weighted by molar-refractivity contribution is -0.117. The van der Waals surface area contributed by atoms with Crippen molar-refractivity contribution in [2.45, 2.75) is 19.8 Å². The van der Waals surface area contributed by atoms with Gasteiger partial charge in [-0.2, -0.15) is 0 Å². The molecule has 1 heterocycles. The first-order valence-electron chi connectivity index (χ1n) is 8.85. The summed E-state index contributed by atoms with van der Waals surface area (Å²) in [6.45, 7) is 1.71. The average Bonchev–Trinajstić information content (AvgIpc) is 3.45. The van der Waals surface area contributed by atoms with E-state index >= 15 is 0 Å². The standard InChI is InChI=1S/C21H19N3O3/c1-13-18(24-21(27-13)15-6-3-2-4-7-15)20(26)23-17-9-5-8-16(12-17)22-19(25)14-10-11-14/h2-9,12,14H,10-11H2,1H3,(H,22,25)(H,23,26). The van der Waals surface area contributed by atoms with E-state index in [1.807, 2.05) is 30.3 Å². The highest BCUT2D eigenvalue weighted by atomic mass is 16.4. The van der Waals surface area contributed by atoms with Crippen molar-refractivity contribution in [1.29, 1.82) is 0 Å². The Morgan fingerprint density at radius 2 is 1.70 bits per heavy atom. The number of amides is 2. The summed E-state index contributed by atoms with van der Waals surface area (Å²) in [5.74, 6) is 0.646. The molecule has 6 nitrogen and oxygen atoms in total. The molecule has 1 aliphatic rings. The summed E-state index contributed by atoms with van der Waals surface area (Å²) in [6.07, 6.45) is 1.88. The Balaban J connectivity index is 1.49. The quantitative estimate of drug-likeness (QED) is 0.711. The van der Waals surface area contributed by atoms with Crippen molar-refractivity contribution >= 4 is 23.2 Å². The Kier molecular flexibility index (Phi) is 4.46. The molecule has 0 radical (unpaired) electrons. The molecule has 136 valence electrons. The van der Waals surface area contributed by atoms with Crippen LogP contribution < -0.4 is 10.6 Å². The topological polar surface area (TPSA) is 84.2 Å². The molecule has 1 aromatic heterocycles. The van der Waals surface area contributed by atoms with E-state index in [4.69, 9.17) is 4.42 Å². The summed E-state index contributed by atoms with van der Waals surface area (Å²) in [5, 5.41) is 5.68. The first-order valence-corrected chi connectivity index (χ1v) is 8.85. The van der Waals surface area contributed by atoms with Gasteiger partial charge >= 0.3 is 0 Å². The van der Waals surface area contributed by atoms with Crippen LogP contribution in [0.15, 0.2) is 59.0 Å². The zero-order valence-electron chi connectivity index (χ0n) is 14.9. The lowest BCUT2D eigenvalue weighted by atomic mass is 10.2. The number of aromatic nitrogens is 1. The molecule has 0 saturated heterocycles. The number of aryl methyl sites for hydroxylation is 1. The number of carbonyl (C=O) groups excluding carboxylic acids is 2. The number of hydrogen-bond acceptors (Lipinski definition) is 4. The van der Waals surface area contributed by atoms with E-state index in [2.05, 4.69) is 15.6 Å². The van der Waals surface area contributed by atoms with Gasteiger partial charge < -0.3 is 15.1 Å². The van der Waals surface area contributed by atoms with Gasteiger partial charge in [-0.25, -0.2) is 4.98 Å². The Morgan fingerprint density at radius 1 is 1.00 bits per heavy atom. The van der Waals surface area contributed by atoms with Gasteiger partial charge in [-0.1, -0.05) is 24.3 Å². The summed E-state index contributed by atoms with van der Waals surface area (Å²) < 4.78 is 5.64. The number of nitrogens with zero attached hydrogens (tertiary/aromatic N) is 1. The van der Waals surface area contributed by atoms with Crippen LogP contribution in [-0.4, -0.2) is 16.8 Å². The highest BCUT2D eigenvalue weighted by molar-refractivity contribution is 6.04.